The Morgan fingerprint density at radius 2 is 2.11 bits per heavy atom. The lowest BCUT2D eigenvalue weighted by molar-refractivity contribution is -0.118. The normalized spacial score (nSPS) is 15.9. The monoisotopic (exact) mass is 386 g/mol. The van der Waals surface area contributed by atoms with Crippen LogP contribution in [0.2, 0.25) is 0 Å². The van der Waals surface area contributed by atoms with Gasteiger partial charge in [-0.2, -0.15) is 5.26 Å². The number of amides is 1. The Hall–Kier alpha value is -2.53. The van der Waals surface area contributed by atoms with Crippen molar-refractivity contribution in [3.63, 3.8) is 0 Å². The largest absolute Gasteiger partial charge is 0.356 e. The highest BCUT2D eigenvalue weighted by Gasteiger charge is 2.30. The van der Waals surface area contributed by atoms with Crippen LogP contribution in [0.25, 0.3) is 5.57 Å². The number of carbonyl (C=O) groups is 1. The molecule has 1 amide bonds. The zero-order valence-electron chi connectivity index (χ0n) is 16.5. The Morgan fingerprint density at radius 3 is 2.70 bits per heavy atom. The predicted molar refractivity (Wildman–Crippen MR) is 109 cm³/mol. The van der Waals surface area contributed by atoms with Crippen molar-refractivity contribution in [3.05, 3.63) is 34.1 Å². The summed E-state index contributed by atoms with van der Waals surface area (Å²) in [7, 11) is 1.98. The van der Waals surface area contributed by atoms with Gasteiger partial charge < -0.3 is 15.5 Å². The molecule has 0 fully saturated rings. The van der Waals surface area contributed by atoms with Crippen molar-refractivity contribution < 1.29 is 4.79 Å². The summed E-state index contributed by atoms with van der Waals surface area (Å²) in [6, 6.07) is 4.04. The highest BCUT2D eigenvalue weighted by molar-refractivity contribution is 8.06. The van der Waals surface area contributed by atoms with Crippen LogP contribution in [0.5, 0.6) is 0 Å². The average molecular weight is 387 g/mol. The van der Waals surface area contributed by atoms with Gasteiger partial charge in [-0.05, 0) is 17.9 Å². The Bertz CT molecular complexity index is 803. The lowest BCUT2D eigenvalue weighted by Gasteiger charge is -2.28. The fraction of sp³-hybridized carbons (Fsp3) is 0.474. The molecule has 7 nitrogen and oxygen atoms in total. The number of nitrogens with one attached hydrogen (secondary N) is 2. The van der Waals surface area contributed by atoms with Gasteiger partial charge in [0.15, 0.2) is 0 Å². The molecule has 1 aliphatic rings. The molecule has 0 bridgehead atoms. The topological polar surface area (TPSA) is 93.9 Å². The zero-order chi connectivity index (χ0) is 20.0. The first-order valence-electron chi connectivity index (χ1n) is 8.81. The van der Waals surface area contributed by atoms with E-state index in [1.807, 2.05) is 7.05 Å². The first-order valence-corrected chi connectivity index (χ1v) is 9.69. The van der Waals surface area contributed by atoms with Gasteiger partial charge in [-0.25, -0.2) is 9.97 Å². The van der Waals surface area contributed by atoms with Gasteiger partial charge in [-0.15, -0.1) is 0 Å². The number of hydrogen-bond donors (Lipinski definition) is 2. The van der Waals surface area contributed by atoms with Crippen LogP contribution < -0.4 is 10.6 Å². The Morgan fingerprint density at radius 1 is 1.37 bits per heavy atom. The van der Waals surface area contributed by atoms with Gasteiger partial charge in [0.2, 0.25) is 11.9 Å². The second-order valence-corrected chi connectivity index (χ2v) is 8.11. The van der Waals surface area contributed by atoms with Gasteiger partial charge in [-0.1, -0.05) is 32.5 Å². The summed E-state index contributed by atoms with van der Waals surface area (Å²) < 4.78 is 0. The third kappa shape index (κ3) is 5.47. The molecule has 27 heavy (non-hydrogen) atoms. The summed E-state index contributed by atoms with van der Waals surface area (Å²) in [5, 5.41) is 18.6. The first-order chi connectivity index (χ1) is 12.7. The Balaban J connectivity index is 2.13. The molecule has 0 unspecified atom stereocenters. The lowest BCUT2D eigenvalue weighted by atomic mass is 9.92. The molecule has 144 valence electrons. The third-order valence-electron chi connectivity index (χ3n) is 3.96. The van der Waals surface area contributed by atoms with Crippen molar-refractivity contribution in [3.8, 4) is 6.07 Å². The van der Waals surface area contributed by atoms with Gasteiger partial charge in [0.05, 0.1) is 10.7 Å². The number of anilines is 1. The van der Waals surface area contributed by atoms with E-state index in [2.05, 4.69) is 57.7 Å². The molecule has 0 aromatic carbocycles. The van der Waals surface area contributed by atoms with E-state index in [4.69, 9.17) is 0 Å². The van der Waals surface area contributed by atoms with Crippen LogP contribution in [0.3, 0.4) is 0 Å². The molecule has 2 rings (SSSR count). The average Bonchev–Trinajstić information content (AvgIpc) is 2.97. The van der Waals surface area contributed by atoms with Crippen molar-refractivity contribution in [1.82, 2.24) is 20.2 Å². The fourth-order valence-electron chi connectivity index (χ4n) is 2.64. The van der Waals surface area contributed by atoms with Gasteiger partial charge >= 0.3 is 0 Å². The summed E-state index contributed by atoms with van der Waals surface area (Å²) in [5.74, 6) is 0.429. The summed E-state index contributed by atoms with van der Waals surface area (Å²) in [6.45, 7) is 9.18. The molecule has 2 heterocycles. The number of nitrogens with zero attached hydrogens (tertiary/aromatic N) is 4. The SMILES string of the molecule is CC(=O)NCCCNc1nccc(C(C#N)=C2SC=C(C(C)(C)C)N2C)n1. The summed E-state index contributed by atoms with van der Waals surface area (Å²) in [6.07, 6.45) is 2.41. The van der Waals surface area contributed by atoms with E-state index in [1.165, 1.54) is 12.6 Å². The van der Waals surface area contributed by atoms with Crippen LogP contribution in [0, 0.1) is 16.7 Å². The van der Waals surface area contributed by atoms with Crippen LogP contribution in [0.4, 0.5) is 5.95 Å². The van der Waals surface area contributed by atoms with Crippen LogP contribution >= 0.6 is 11.8 Å². The van der Waals surface area contributed by atoms with E-state index >= 15 is 0 Å². The molecule has 1 aromatic heterocycles. The van der Waals surface area contributed by atoms with Crippen molar-refractivity contribution in [2.24, 2.45) is 5.41 Å². The maximum atomic E-state index is 10.9. The maximum Gasteiger partial charge on any atom is 0.223 e. The van der Waals surface area contributed by atoms with Gasteiger partial charge in [0, 0.05) is 44.4 Å². The number of thioether (sulfide) groups is 1. The van der Waals surface area contributed by atoms with Crippen LogP contribution in [0.1, 0.15) is 39.8 Å². The molecular weight excluding hydrogens is 360 g/mol. The molecule has 0 radical (unpaired) electrons. The first kappa shape index (κ1) is 20.8. The minimum absolute atomic E-state index is 0.00361. The highest BCUT2D eigenvalue weighted by atomic mass is 32.2. The van der Waals surface area contributed by atoms with Crippen molar-refractivity contribution in [2.75, 3.05) is 25.5 Å². The van der Waals surface area contributed by atoms with E-state index in [9.17, 15) is 10.1 Å². The molecule has 0 saturated carbocycles. The van der Waals surface area contributed by atoms with Gasteiger partial charge in [0.1, 0.15) is 11.6 Å². The summed E-state index contributed by atoms with van der Waals surface area (Å²) in [5.41, 5.74) is 2.29. The number of allylic oxidation sites excluding steroid dienone is 2. The lowest BCUT2D eigenvalue weighted by Crippen LogP contribution is -2.23. The van der Waals surface area contributed by atoms with Crippen molar-refractivity contribution >= 4 is 29.2 Å². The summed E-state index contributed by atoms with van der Waals surface area (Å²) >= 11 is 1.55. The van der Waals surface area contributed by atoms with Crippen molar-refractivity contribution in [1.29, 1.82) is 5.26 Å². The summed E-state index contributed by atoms with van der Waals surface area (Å²) in [4.78, 5) is 21.6. The smallest absolute Gasteiger partial charge is 0.223 e. The minimum atomic E-state index is -0.0417. The number of nitriles is 1. The van der Waals surface area contributed by atoms with Gasteiger partial charge in [0.25, 0.3) is 0 Å². The zero-order valence-corrected chi connectivity index (χ0v) is 17.3. The molecule has 0 saturated heterocycles. The second-order valence-electron chi connectivity index (χ2n) is 7.25. The van der Waals surface area contributed by atoms with E-state index < -0.39 is 0 Å². The number of aromatic nitrogens is 2. The third-order valence-corrected chi connectivity index (χ3v) is 5.01. The van der Waals surface area contributed by atoms with E-state index in [1.54, 1.807) is 24.0 Å². The van der Waals surface area contributed by atoms with E-state index in [0.29, 0.717) is 30.3 Å². The van der Waals surface area contributed by atoms with Crippen LogP contribution in [-0.4, -0.2) is 40.9 Å². The predicted octanol–water partition coefficient (Wildman–Crippen LogP) is 3.17. The van der Waals surface area contributed by atoms with Crippen molar-refractivity contribution in [2.45, 2.75) is 34.1 Å². The molecule has 1 aliphatic heterocycles. The molecule has 1 aromatic rings. The van der Waals surface area contributed by atoms with Gasteiger partial charge in [-0.3, -0.25) is 4.79 Å². The fourth-order valence-corrected chi connectivity index (χ4v) is 3.90. The molecule has 0 spiro atoms. The number of hydrogen-bond acceptors (Lipinski definition) is 7. The molecule has 8 heteroatoms. The minimum Gasteiger partial charge on any atom is -0.356 e. The molecule has 0 aliphatic carbocycles. The Labute approximate surface area is 164 Å². The molecule has 0 atom stereocenters. The maximum absolute atomic E-state index is 10.9. The highest BCUT2D eigenvalue weighted by Crippen LogP contribution is 2.44. The van der Waals surface area contributed by atoms with Crippen LogP contribution in [0.15, 0.2) is 28.4 Å². The van der Waals surface area contributed by atoms with E-state index in [0.717, 1.165) is 11.4 Å². The van der Waals surface area contributed by atoms with Crippen LogP contribution in [-0.2, 0) is 4.79 Å². The quantitative estimate of drug-likeness (QED) is 0.573. The molecule has 2 N–H and O–H groups in total. The molecular formula is C19H26N6OS. The number of rotatable bonds is 6. The number of carbonyl (C=O) groups excluding carboxylic acids is 1. The standard InChI is InChI=1S/C19H26N6OS/c1-13(26)21-8-6-9-22-18-23-10-7-15(24-18)14(11-20)17-25(5)16(12-27-17)19(2,3)4/h7,10,12H,6,8-9H2,1-5H3,(H,21,26)(H,22,23,24). The second kappa shape index (κ2) is 8.91. The van der Waals surface area contributed by atoms with E-state index in [-0.39, 0.29) is 11.3 Å². The Kier molecular flexibility index (Phi) is 6.86.